The fourth-order valence-corrected chi connectivity index (χ4v) is 3.29. The highest BCUT2D eigenvalue weighted by Crippen LogP contribution is 2.18. The van der Waals surface area contributed by atoms with E-state index in [2.05, 4.69) is 20.7 Å². The summed E-state index contributed by atoms with van der Waals surface area (Å²) >= 11 is 0. The third-order valence-electron chi connectivity index (χ3n) is 4.74. The molecular weight excluding hydrogens is 378 g/mol. The molecule has 0 aliphatic rings. The summed E-state index contributed by atoms with van der Waals surface area (Å²) < 4.78 is 1.65. The van der Waals surface area contributed by atoms with Gasteiger partial charge in [-0.25, -0.2) is 9.67 Å². The van der Waals surface area contributed by atoms with Crippen LogP contribution in [0.5, 0.6) is 0 Å². The number of rotatable bonds is 7. The number of fused-ring (bicyclic) bond motifs is 1. The largest absolute Gasteiger partial charge is 0.350 e. The normalized spacial score (nSPS) is 10.7. The molecule has 150 valence electrons. The minimum atomic E-state index is -0.267. The van der Waals surface area contributed by atoms with Crippen molar-refractivity contribution in [3.63, 3.8) is 0 Å². The van der Waals surface area contributed by atoms with Crippen molar-refractivity contribution in [3.8, 4) is 5.82 Å². The topological polar surface area (TPSA) is 88.9 Å². The van der Waals surface area contributed by atoms with Crippen LogP contribution in [-0.2, 0) is 22.6 Å². The van der Waals surface area contributed by atoms with E-state index < -0.39 is 0 Å². The highest BCUT2D eigenvalue weighted by Gasteiger charge is 2.10. The average Bonchev–Trinajstić information content (AvgIpc) is 3.31. The van der Waals surface area contributed by atoms with Crippen LogP contribution in [0.3, 0.4) is 0 Å². The molecule has 0 bridgehead atoms. The summed E-state index contributed by atoms with van der Waals surface area (Å²) in [6, 6.07) is 19.3. The fourth-order valence-electron chi connectivity index (χ4n) is 3.29. The quantitative estimate of drug-likeness (QED) is 0.499. The van der Waals surface area contributed by atoms with Crippen LogP contribution in [0.4, 0.5) is 0 Å². The Hall–Kier alpha value is -4.00. The predicted octanol–water partition coefficient (Wildman–Crippen LogP) is 2.40. The molecule has 30 heavy (non-hydrogen) atoms. The molecule has 7 nitrogen and oxygen atoms in total. The molecule has 2 N–H and O–H groups in total. The van der Waals surface area contributed by atoms with Gasteiger partial charge >= 0.3 is 0 Å². The summed E-state index contributed by atoms with van der Waals surface area (Å²) in [7, 11) is 0. The van der Waals surface area contributed by atoms with Gasteiger partial charge in [-0.05, 0) is 28.5 Å². The maximum atomic E-state index is 12.3. The average molecular weight is 399 g/mol. The lowest BCUT2D eigenvalue weighted by molar-refractivity contribution is -0.125. The van der Waals surface area contributed by atoms with Gasteiger partial charge in [0.15, 0.2) is 5.82 Å². The molecule has 0 unspecified atom stereocenters. The number of hydrogen-bond donors (Lipinski definition) is 2. The van der Waals surface area contributed by atoms with Gasteiger partial charge in [-0.3, -0.25) is 9.59 Å². The van der Waals surface area contributed by atoms with E-state index >= 15 is 0 Å². The van der Waals surface area contributed by atoms with E-state index in [1.807, 2.05) is 54.6 Å². The van der Waals surface area contributed by atoms with Crippen molar-refractivity contribution in [2.75, 3.05) is 6.54 Å². The van der Waals surface area contributed by atoms with Crippen LogP contribution < -0.4 is 10.6 Å². The number of carbonyl (C=O) groups is 2. The summed E-state index contributed by atoms with van der Waals surface area (Å²) in [5.74, 6) is 0.194. The van der Waals surface area contributed by atoms with E-state index in [1.54, 1.807) is 29.3 Å². The minimum Gasteiger partial charge on any atom is -0.350 e. The lowest BCUT2D eigenvalue weighted by Crippen LogP contribution is -2.37. The molecule has 0 atom stereocenters. The van der Waals surface area contributed by atoms with Crippen molar-refractivity contribution >= 4 is 22.6 Å². The highest BCUT2D eigenvalue weighted by molar-refractivity contribution is 5.91. The summed E-state index contributed by atoms with van der Waals surface area (Å²) in [5.41, 5.74) is 1.77. The van der Waals surface area contributed by atoms with E-state index in [-0.39, 0.29) is 24.8 Å². The maximum absolute atomic E-state index is 12.3. The Bertz CT molecular complexity index is 1170. The molecular formula is C23H21N5O2. The van der Waals surface area contributed by atoms with Crippen LogP contribution >= 0.6 is 0 Å². The molecule has 0 spiro atoms. The Morgan fingerprint density at radius 2 is 1.67 bits per heavy atom. The van der Waals surface area contributed by atoms with Crippen molar-refractivity contribution in [3.05, 3.63) is 90.4 Å². The van der Waals surface area contributed by atoms with Gasteiger partial charge in [0.1, 0.15) is 0 Å². The van der Waals surface area contributed by atoms with Crippen LogP contribution in [0.15, 0.2) is 79.3 Å². The molecule has 0 saturated carbocycles. The van der Waals surface area contributed by atoms with Crippen LogP contribution in [0, 0.1) is 0 Å². The first-order valence-electron chi connectivity index (χ1n) is 9.64. The van der Waals surface area contributed by atoms with Crippen LogP contribution in [0.1, 0.15) is 11.1 Å². The first kappa shape index (κ1) is 19.3. The zero-order valence-corrected chi connectivity index (χ0v) is 16.3. The number of nitrogens with zero attached hydrogens (tertiary/aromatic N) is 3. The molecule has 0 aliphatic carbocycles. The molecule has 2 heterocycles. The van der Waals surface area contributed by atoms with E-state index in [1.165, 1.54) is 0 Å². The number of aromatic nitrogens is 3. The lowest BCUT2D eigenvalue weighted by atomic mass is 10.0. The number of carbonyl (C=O) groups excluding carboxylic acids is 2. The van der Waals surface area contributed by atoms with Gasteiger partial charge in [0.2, 0.25) is 11.8 Å². The summed E-state index contributed by atoms with van der Waals surface area (Å²) in [4.78, 5) is 28.9. The van der Waals surface area contributed by atoms with E-state index in [0.29, 0.717) is 12.4 Å². The minimum absolute atomic E-state index is 0.0824. The van der Waals surface area contributed by atoms with E-state index in [9.17, 15) is 9.59 Å². The van der Waals surface area contributed by atoms with Crippen LogP contribution in [-0.4, -0.2) is 33.1 Å². The Balaban J connectivity index is 1.31. The van der Waals surface area contributed by atoms with Gasteiger partial charge < -0.3 is 10.6 Å². The van der Waals surface area contributed by atoms with Gasteiger partial charge in [-0.15, -0.1) is 0 Å². The van der Waals surface area contributed by atoms with Crippen molar-refractivity contribution in [1.29, 1.82) is 0 Å². The zero-order valence-electron chi connectivity index (χ0n) is 16.3. The maximum Gasteiger partial charge on any atom is 0.239 e. The number of nitrogens with one attached hydrogen (secondary N) is 2. The van der Waals surface area contributed by atoms with Gasteiger partial charge in [0.25, 0.3) is 0 Å². The Morgan fingerprint density at radius 1 is 0.833 bits per heavy atom. The summed E-state index contributed by atoms with van der Waals surface area (Å²) in [6.45, 7) is 0.210. The SMILES string of the molecule is O=C(CNC(=O)Cc1cccc2ccccc12)NCc1cccnc1-n1cccn1. The van der Waals surface area contributed by atoms with Gasteiger partial charge in [0.05, 0.1) is 13.0 Å². The smallest absolute Gasteiger partial charge is 0.239 e. The molecule has 0 fully saturated rings. The van der Waals surface area contributed by atoms with Gasteiger partial charge in [-0.1, -0.05) is 48.5 Å². The molecule has 0 radical (unpaired) electrons. The Kier molecular flexibility index (Phi) is 5.80. The molecule has 4 aromatic rings. The summed E-state index contributed by atoms with van der Waals surface area (Å²) in [5, 5.41) is 11.8. The first-order chi connectivity index (χ1) is 14.7. The van der Waals surface area contributed by atoms with Crippen LogP contribution in [0.25, 0.3) is 16.6 Å². The van der Waals surface area contributed by atoms with Gasteiger partial charge in [-0.2, -0.15) is 5.10 Å². The van der Waals surface area contributed by atoms with Gasteiger partial charge in [0, 0.05) is 30.7 Å². The highest BCUT2D eigenvalue weighted by atomic mass is 16.2. The number of pyridine rings is 1. The van der Waals surface area contributed by atoms with Crippen molar-refractivity contribution in [2.24, 2.45) is 0 Å². The van der Waals surface area contributed by atoms with Crippen LogP contribution in [0.2, 0.25) is 0 Å². The molecule has 7 heteroatoms. The molecule has 2 aromatic carbocycles. The molecule has 2 amide bonds. The second-order valence-electron chi connectivity index (χ2n) is 6.81. The first-order valence-corrected chi connectivity index (χ1v) is 9.64. The fraction of sp³-hybridized carbons (Fsp3) is 0.130. The second kappa shape index (κ2) is 9.00. The predicted molar refractivity (Wildman–Crippen MR) is 114 cm³/mol. The van der Waals surface area contributed by atoms with Crippen molar-refractivity contribution in [2.45, 2.75) is 13.0 Å². The molecule has 4 rings (SSSR count). The number of benzene rings is 2. The van der Waals surface area contributed by atoms with E-state index in [0.717, 1.165) is 21.9 Å². The molecule has 0 aliphatic heterocycles. The molecule has 2 aromatic heterocycles. The zero-order chi connectivity index (χ0) is 20.8. The monoisotopic (exact) mass is 399 g/mol. The second-order valence-corrected chi connectivity index (χ2v) is 6.81. The third-order valence-corrected chi connectivity index (χ3v) is 4.74. The summed E-state index contributed by atoms with van der Waals surface area (Å²) in [6.07, 6.45) is 5.36. The number of hydrogen-bond acceptors (Lipinski definition) is 4. The number of amides is 2. The van der Waals surface area contributed by atoms with Crippen molar-refractivity contribution in [1.82, 2.24) is 25.4 Å². The van der Waals surface area contributed by atoms with E-state index in [4.69, 9.17) is 0 Å². The standard InChI is InChI=1S/C23H21N5O2/c29-21(14-18-8-3-7-17-6-1-2-10-20(17)18)26-16-22(30)25-15-19-9-4-11-24-23(19)28-13-5-12-27-28/h1-13H,14-16H2,(H,25,30)(H,26,29). The lowest BCUT2D eigenvalue weighted by Gasteiger charge is -2.11. The third kappa shape index (κ3) is 4.52. The molecule has 0 saturated heterocycles. The Morgan fingerprint density at radius 3 is 2.53 bits per heavy atom. The Labute approximate surface area is 173 Å². The van der Waals surface area contributed by atoms with Crippen molar-refractivity contribution < 1.29 is 9.59 Å².